The first kappa shape index (κ1) is 13.2. The van der Waals surface area contributed by atoms with Crippen LogP contribution >= 0.6 is 0 Å². The van der Waals surface area contributed by atoms with Gasteiger partial charge in [0.1, 0.15) is 11.0 Å². The van der Waals surface area contributed by atoms with Crippen LogP contribution in [0.2, 0.25) is 0 Å². The minimum Gasteiger partial charge on any atom is -0.392 e. The van der Waals surface area contributed by atoms with E-state index in [0.29, 0.717) is 11.1 Å². The Bertz CT molecular complexity index is 776. The lowest BCUT2D eigenvalue weighted by atomic mass is 10.2. The number of nitrogens with zero attached hydrogens (tertiary/aromatic N) is 2. The van der Waals surface area contributed by atoms with Gasteiger partial charge in [0.2, 0.25) is 0 Å². The smallest absolute Gasteiger partial charge is 0.274 e. The summed E-state index contributed by atoms with van der Waals surface area (Å²) in [5.74, 6) is -0.531. The number of hydrogen-bond donors (Lipinski definition) is 2. The van der Waals surface area contributed by atoms with Gasteiger partial charge in [-0.3, -0.25) is 4.79 Å². The molecule has 3 rings (SSSR count). The van der Waals surface area contributed by atoms with Gasteiger partial charge in [0.05, 0.1) is 18.3 Å². The molecule has 2 heterocycles. The number of aromatic amines is 1. The third kappa shape index (κ3) is 2.10. The minimum absolute atomic E-state index is 0.196. The van der Waals surface area contributed by atoms with Crippen molar-refractivity contribution < 1.29 is 9.50 Å². The van der Waals surface area contributed by atoms with Crippen molar-refractivity contribution in [3.63, 3.8) is 0 Å². The minimum atomic E-state index is -0.531. The molecular formula is C13H14FN3O2. The lowest BCUT2D eigenvalue weighted by Crippen LogP contribution is -2.11. The van der Waals surface area contributed by atoms with Gasteiger partial charge in [-0.25, -0.2) is 8.91 Å². The Morgan fingerprint density at radius 3 is 2.84 bits per heavy atom. The Balaban J connectivity index is 0.000000637. The third-order valence-electron chi connectivity index (χ3n) is 2.64. The van der Waals surface area contributed by atoms with E-state index in [1.165, 1.54) is 28.9 Å². The van der Waals surface area contributed by atoms with E-state index < -0.39 is 5.82 Å². The summed E-state index contributed by atoms with van der Waals surface area (Å²) in [6.07, 6.45) is 1.43. The number of nitrogens with one attached hydrogen (secondary N) is 1. The molecule has 0 amide bonds. The lowest BCUT2D eigenvalue weighted by molar-refractivity contribution is 0.281. The van der Waals surface area contributed by atoms with Crippen molar-refractivity contribution >= 4 is 16.6 Å². The molecule has 2 N–H and O–H groups in total. The van der Waals surface area contributed by atoms with Crippen LogP contribution in [0.4, 0.5) is 4.39 Å². The van der Waals surface area contributed by atoms with Gasteiger partial charge in [0, 0.05) is 0 Å². The summed E-state index contributed by atoms with van der Waals surface area (Å²) in [7, 11) is 0. The molecule has 0 aliphatic carbocycles. The number of fused-ring (bicyclic) bond motifs is 3. The summed E-state index contributed by atoms with van der Waals surface area (Å²) >= 11 is 0. The van der Waals surface area contributed by atoms with Crippen LogP contribution < -0.4 is 5.56 Å². The monoisotopic (exact) mass is 263 g/mol. The maximum atomic E-state index is 13.9. The van der Waals surface area contributed by atoms with Crippen LogP contribution in [0.1, 0.15) is 19.4 Å². The first-order chi connectivity index (χ1) is 9.20. The van der Waals surface area contributed by atoms with Crippen molar-refractivity contribution in [2.75, 3.05) is 0 Å². The summed E-state index contributed by atoms with van der Waals surface area (Å²) in [6, 6.07) is 4.26. The highest BCUT2D eigenvalue weighted by Gasteiger charge is 2.11. The van der Waals surface area contributed by atoms with Crippen molar-refractivity contribution in [2.24, 2.45) is 0 Å². The molecule has 0 bridgehead atoms. The molecule has 0 atom stereocenters. The third-order valence-corrected chi connectivity index (χ3v) is 2.64. The van der Waals surface area contributed by atoms with Crippen molar-refractivity contribution in [1.29, 1.82) is 0 Å². The maximum Gasteiger partial charge on any atom is 0.274 e. The van der Waals surface area contributed by atoms with E-state index in [9.17, 15) is 9.18 Å². The van der Waals surface area contributed by atoms with Gasteiger partial charge in [-0.05, 0) is 23.8 Å². The fourth-order valence-corrected chi connectivity index (χ4v) is 1.90. The molecule has 1 aromatic carbocycles. The highest BCUT2D eigenvalue weighted by atomic mass is 19.1. The van der Waals surface area contributed by atoms with Crippen molar-refractivity contribution in [1.82, 2.24) is 14.6 Å². The largest absolute Gasteiger partial charge is 0.392 e. The van der Waals surface area contributed by atoms with E-state index >= 15 is 0 Å². The molecule has 0 radical (unpaired) electrons. The average molecular weight is 263 g/mol. The predicted molar refractivity (Wildman–Crippen MR) is 70.5 cm³/mol. The zero-order valence-electron chi connectivity index (χ0n) is 10.6. The number of rotatable bonds is 1. The van der Waals surface area contributed by atoms with Gasteiger partial charge in [-0.2, -0.15) is 5.10 Å². The zero-order valence-corrected chi connectivity index (χ0v) is 10.6. The van der Waals surface area contributed by atoms with Crippen molar-refractivity contribution in [2.45, 2.75) is 20.5 Å². The topological polar surface area (TPSA) is 70.4 Å². The van der Waals surface area contributed by atoms with Crippen LogP contribution in [0.5, 0.6) is 0 Å². The highest BCUT2D eigenvalue weighted by molar-refractivity contribution is 5.78. The summed E-state index contributed by atoms with van der Waals surface area (Å²) < 4.78 is 15.1. The van der Waals surface area contributed by atoms with Gasteiger partial charge in [-0.15, -0.1) is 0 Å². The zero-order chi connectivity index (χ0) is 14.0. The molecule has 5 nitrogen and oxygen atoms in total. The number of aliphatic hydroxyl groups is 1. The van der Waals surface area contributed by atoms with E-state index in [-0.39, 0.29) is 23.2 Å². The molecule has 6 heteroatoms. The molecule has 0 saturated heterocycles. The lowest BCUT2D eigenvalue weighted by Gasteiger charge is -2.04. The van der Waals surface area contributed by atoms with E-state index in [0.717, 1.165) is 0 Å². The standard InChI is InChI=1S/C11H8FN3O2.C2H6/c12-7-3-6(5-16)4-8-10(7)15-9(1-2-13-15)11(17)14-8;1-2/h1-4,16H,5H2,(H,14,17);1-2H3. The van der Waals surface area contributed by atoms with Gasteiger partial charge < -0.3 is 10.1 Å². The van der Waals surface area contributed by atoms with Crippen LogP contribution in [0, 0.1) is 5.82 Å². The summed E-state index contributed by atoms with van der Waals surface area (Å²) in [6.45, 7) is 3.71. The molecule has 0 spiro atoms. The van der Waals surface area contributed by atoms with E-state index in [1.54, 1.807) is 0 Å². The Morgan fingerprint density at radius 1 is 1.42 bits per heavy atom. The molecule has 19 heavy (non-hydrogen) atoms. The Morgan fingerprint density at radius 2 is 2.16 bits per heavy atom. The van der Waals surface area contributed by atoms with Gasteiger partial charge >= 0.3 is 0 Å². The molecule has 0 unspecified atom stereocenters. The summed E-state index contributed by atoms with van der Waals surface area (Å²) in [5, 5.41) is 12.9. The molecule has 0 saturated carbocycles. The van der Waals surface area contributed by atoms with Gasteiger partial charge in [-0.1, -0.05) is 13.8 Å². The quantitative estimate of drug-likeness (QED) is 0.703. The van der Waals surface area contributed by atoms with Crippen LogP contribution in [0.3, 0.4) is 0 Å². The van der Waals surface area contributed by atoms with Crippen LogP contribution in [-0.4, -0.2) is 19.7 Å². The highest BCUT2D eigenvalue weighted by Crippen LogP contribution is 2.18. The Hall–Kier alpha value is -2.21. The normalized spacial score (nSPS) is 10.5. The summed E-state index contributed by atoms with van der Waals surface area (Å²) in [4.78, 5) is 14.2. The number of benzene rings is 1. The molecule has 2 aromatic heterocycles. The molecule has 0 aliphatic rings. The van der Waals surface area contributed by atoms with Crippen molar-refractivity contribution in [3.05, 3.63) is 46.1 Å². The average Bonchev–Trinajstić information content (AvgIpc) is 2.90. The fraction of sp³-hybridized carbons (Fsp3) is 0.231. The molecular weight excluding hydrogens is 249 g/mol. The first-order valence-corrected chi connectivity index (χ1v) is 6.00. The maximum absolute atomic E-state index is 13.9. The van der Waals surface area contributed by atoms with E-state index in [1.807, 2.05) is 13.8 Å². The Labute approximate surface area is 108 Å². The molecule has 3 aromatic rings. The number of halogens is 1. The van der Waals surface area contributed by atoms with Crippen molar-refractivity contribution in [3.8, 4) is 0 Å². The number of aromatic nitrogens is 3. The predicted octanol–water partition coefficient (Wildman–Crippen LogP) is 1.83. The second-order valence-electron chi connectivity index (χ2n) is 3.71. The number of aliphatic hydroxyl groups excluding tert-OH is 1. The SMILES string of the molecule is CC.O=c1[nH]c2cc(CO)cc(F)c2n2nccc12. The summed E-state index contributed by atoms with van der Waals surface area (Å²) in [5.41, 5.74) is 0.854. The fourth-order valence-electron chi connectivity index (χ4n) is 1.90. The molecule has 0 aliphatic heterocycles. The Kier molecular flexibility index (Phi) is 3.62. The van der Waals surface area contributed by atoms with E-state index in [4.69, 9.17) is 5.11 Å². The second kappa shape index (κ2) is 5.19. The van der Waals surface area contributed by atoms with Crippen LogP contribution in [0.25, 0.3) is 16.6 Å². The number of H-pyrrole nitrogens is 1. The van der Waals surface area contributed by atoms with Crippen LogP contribution in [0.15, 0.2) is 29.2 Å². The second-order valence-corrected chi connectivity index (χ2v) is 3.71. The molecule has 100 valence electrons. The first-order valence-electron chi connectivity index (χ1n) is 6.00. The van der Waals surface area contributed by atoms with E-state index in [2.05, 4.69) is 10.1 Å². The van der Waals surface area contributed by atoms with Crippen LogP contribution in [-0.2, 0) is 6.61 Å². The van der Waals surface area contributed by atoms with Gasteiger partial charge in [0.25, 0.3) is 5.56 Å². The molecule has 0 fully saturated rings. The van der Waals surface area contributed by atoms with Gasteiger partial charge in [0.15, 0.2) is 5.82 Å². The number of hydrogen-bond acceptors (Lipinski definition) is 3.